The van der Waals surface area contributed by atoms with Gasteiger partial charge in [-0.05, 0) is 32.2 Å². The Balaban J connectivity index is 1.66. The number of likely N-dealkylation sites (tertiary alicyclic amines) is 1. The number of nitrogens with zero attached hydrogens (tertiary/aromatic N) is 1. The standard InChI is InChI=1S/C20H38N2O6/c1-13(24)22-15(19(27)20(28)16(22)12-23)9-4-2-3-5-10-17(25)18(26)14-8-6-7-11-21-14/h14-21,23,25-28H,2-12H2,1H3/t14-,15+,16+,17-,18-,19+,20+/m1/s1. The number of carbonyl (C=O) groups excluding carboxylic acids is 1. The number of unbranched alkanes of at least 4 members (excludes halogenated alkanes) is 3. The number of piperidine rings is 1. The minimum atomic E-state index is -1.12. The fraction of sp³-hybridized carbons (Fsp3) is 0.950. The molecule has 0 aliphatic carbocycles. The van der Waals surface area contributed by atoms with Crippen LogP contribution in [-0.2, 0) is 4.79 Å². The van der Waals surface area contributed by atoms with E-state index < -0.39 is 36.5 Å². The van der Waals surface area contributed by atoms with Crippen molar-refractivity contribution in [2.45, 2.75) is 107 Å². The van der Waals surface area contributed by atoms with Crippen molar-refractivity contribution in [2.24, 2.45) is 0 Å². The van der Waals surface area contributed by atoms with Crippen LogP contribution < -0.4 is 5.32 Å². The second-order valence-electron chi connectivity index (χ2n) is 8.33. The van der Waals surface area contributed by atoms with Crippen LogP contribution in [0, 0.1) is 0 Å². The van der Waals surface area contributed by atoms with E-state index >= 15 is 0 Å². The molecule has 0 aromatic rings. The summed E-state index contributed by atoms with van der Waals surface area (Å²) in [6, 6.07) is -1.24. The predicted octanol–water partition coefficient (Wildman–Crippen LogP) is -0.496. The molecule has 8 nitrogen and oxygen atoms in total. The second kappa shape index (κ2) is 11.4. The van der Waals surface area contributed by atoms with Crippen LogP contribution in [0.15, 0.2) is 0 Å². The highest BCUT2D eigenvalue weighted by molar-refractivity contribution is 5.74. The van der Waals surface area contributed by atoms with Crippen LogP contribution in [0.4, 0.5) is 0 Å². The van der Waals surface area contributed by atoms with Crippen molar-refractivity contribution in [2.75, 3.05) is 13.2 Å². The van der Waals surface area contributed by atoms with E-state index in [4.69, 9.17) is 0 Å². The molecular weight excluding hydrogens is 364 g/mol. The topological polar surface area (TPSA) is 133 Å². The number of carbonyl (C=O) groups is 1. The zero-order valence-corrected chi connectivity index (χ0v) is 16.9. The maximum absolute atomic E-state index is 11.9. The largest absolute Gasteiger partial charge is 0.394 e. The molecule has 2 saturated heterocycles. The van der Waals surface area contributed by atoms with Crippen molar-refractivity contribution in [1.82, 2.24) is 10.2 Å². The first-order valence-electron chi connectivity index (χ1n) is 10.7. The van der Waals surface area contributed by atoms with Gasteiger partial charge in [-0.1, -0.05) is 32.1 Å². The van der Waals surface area contributed by atoms with Crippen molar-refractivity contribution in [3.05, 3.63) is 0 Å². The Labute approximate surface area is 167 Å². The van der Waals surface area contributed by atoms with Gasteiger partial charge in [-0.15, -0.1) is 0 Å². The zero-order chi connectivity index (χ0) is 20.7. The van der Waals surface area contributed by atoms with Crippen molar-refractivity contribution >= 4 is 5.91 Å². The Morgan fingerprint density at radius 2 is 1.75 bits per heavy atom. The molecule has 164 valence electrons. The number of hydrogen-bond donors (Lipinski definition) is 6. The van der Waals surface area contributed by atoms with Crippen LogP contribution in [0.5, 0.6) is 0 Å². The molecule has 2 rings (SSSR count). The number of rotatable bonds is 10. The molecule has 6 N–H and O–H groups in total. The smallest absolute Gasteiger partial charge is 0.220 e. The van der Waals surface area contributed by atoms with Crippen LogP contribution in [0.1, 0.15) is 64.7 Å². The molecule has 2 heterocycles. The van der Waals surface area contributed by atoms with Gasteiger partial charge in [0.25, 0.3) is 0 Å². The summed E-state index contributed by atoms with van der Waals surface area (Å²) >= 11 is 0. The van der Waals surface area contributed by atoms with Crippen LogP contribution in [0.2, 0.25) is 0 Å². The van der Waals surface area contributed by atoms with E-state index in [1.165, 1.54) is 11.8 Å². The van der Waals surface area contributed by atoms with Gasteiger partial charge in [0.2, 0.25) is 5.91 Å². The molecular formula is C20H38N2O6. The fourth-order valence-corrected chi connectivity index (χ4v) is 4.67. The van der Waals surface area contributed by atoms with Crippen molar-refractivity contribution in [1.29, 1.82) is 0 Å². The number of hydrogen-bond acceptors (Lipinski definition) is 7. The van der Waals surface area contributed by atoms with E-state index in [9.17, 15) is 30.3 Å². The maximum atomic E-state index is 11.9. The van der Waals surface area contributed by atoms with Gasteiger partial charge >= 0.3 is 0 Å². The average Bonchev–Trinajstić information content (AvgIpc) is 2.94. The molecule has 2 fully saturated rings. The second-order valence-corrected chi connectivity index (χ2v) is 8.33. The average molecular weight is 403 g/mol. The van der Waals surface area contributed by atoms with Gasteiger partial charge in [-0.25, -0.2) is 0 Å². The monoisotopic (exact) mass is 402 g/mol. The molecule has 0 saturated carbocycles. The normalized spacial score (nSPS) is 33.1. The quantitative estimate of drug-likeness (QED) is 0.272. The number of amides is 1. The summed E-state index contributed by atoms with van der Waals surface area (Å²) in [6.07, 6.45) is 3.94. The lowest BCUT2D eigenvalue weighted by molar-refractivity contribution is -0.134. The van der Waals surface area contributed by atoms with Gasteiger partial charge in [-0.3, -0.25) is 4.79 Å². The van der Waals surface area contributed by atoms with Crippen molar-refractivity contribution in [3.63, 3.8) is 0 Å². The van der Waals surface area contributed by atoms with Gasteiger partial charge in [0.1, 0.15) is 12.2 Å². The molecule has 2 aliphatic heterocycles. The van der Waals surface area contributed by atoms with Gasteiger partial charge in [0.05, 0.1) is 30.9 Å². The first-order chi connectivity index (χ1) is 13.4. The van der Waals surface area contributed by atoms with Gasteiger partial charge in [-0.2, -0.15) is 0 Å². The number of aliphatic hydroxyl groups is 5. The minimum Gasteiger partial charge on any atom is -0.394 e. The third-order valence-electron chi connectivity index (χ3n) is 6.31. The lowest BCUT2D eigenvalue weighted by Gasteiger charge is -2.31. The predicted molar refractivity (Wildman–Crippen MR) is 105 cm³/mol. The molecule has 8 heteroatoms. The Kier molecular flexibility index (Phi) is 9.59. The van der Waals surface area contributed by atoms with E-state index in [1.807, 2.05) is 0 Å². The van der Waals surface area contributed by atoms with Crippen LogP contribution in [-0.4, -0.2) is 92.0 Å². The zero-order valence-electron chi connectivity index (χ0n) is 16.9. The highest BCUT2D eigenvalue weighted by Crippen LogP contribution is 2.29. The summed E-state index contributed by atoms with van der Waals surface area (Å²) in [5.74, 6) is -0.256. The molecule has 28 heavy (non-hydrogen) atoms. The van der Waals surface area contributed by atoms with Crippen LogP contribution >= 0.6 is 0 Å². The molecule has 0 aromatic carbocycles. The summed E-state index contributed by atoms with van der Waals surface area (Å²) < 4.78 is 0. The van der Waals surface area contributed by atoms with Crippen LogP contribution in [0.25, 0.3) is 0 Å². The van der Waals surface area contributed by atoms with E-state index in [0.717, 1.165) is 51.5 Å². The lowest BCUT2D eigenvalue weighted by Crippen LogP contribution is -2.48. The molecule has 0 bridgehead atoms. The third kappa shape index (κ3) is 5.87. The van der Waals surface area contributed by atoms with Crippen molar-refractivity contribution < 1.29 is 30.3 Å². The molecule has 0 radical (unpaired) electrons. The molecule has 0 unspecified atom stereocenters. The third-order valence-corrected chi connectivity index (χ3v) is 6.31. The highest BCUT2D eigenvalue weighted by Gasteiger charge is 2.47. The van der Waals surface area contributed by atoms with E-state index in [1.54, 1.807) is 0 Å². The summed E-state index contributed by atoms with van der Waals surface area (Å²) in [5, 5.41) is 53.4. The van der Waals surface area contributed by atoms with E-state index in [0.29, 0.717) is 12.8 Å². The Bertz CT molecular complexity index is 474. The van der Waals surface area contributed by atoms with Gasteiger partial charge in [0, 0.05) is 13.0 Å². The Morgan fingerprint density at radius 1 is 1.07 bits per heavy atom. The minimum absolute atomic E-state index is 0.0175. The lowest BCUT2D eigenvalue weighted by atomic mass is 9.93. The van der Waals surface area contributed by atoms with Crippen molar-refractivity contribution in [3.8, 4) is 0 Å². The molecule has 7 atom stereocenters. The van der Waals surface area contributed by atoms with Gasteiger partial charge < -0.3 is 35.7 Å². The first-order valence-corrected chi connectivity index (χ1v) is 10.7. The summed E-state index contributed by atoms with van der Waals surface area (Å²) in [6.45, 7) is 1.91. The fourth-order valence-electron chi connectivity index (χ4n) is 4.67. The highest BCUT2D eigenvalue weighted by atomic mass is 16.3. The van der Waals surface area contributed by atoms with E-state index in [-0.39, 0.29) is 18.6 Å². The summed E-state index contributed by atoms with van der Waals surface area (Å²) in [5.41, 5.74) is 0. The Morgan fingerprint density at radius 3 is 2.36 bits per heavy atom. The number of nitrogens with one attached hydrogen (secondary N) is 1. The summed E-state index contributed by atoms with van der Waals surface area (Å²) in [7, 11) is 0. The maximum Gasteiger partial charge on any atom is 0.220 e. The summed E-state index contributed by atoms with van der Waals surface area (Å²) in [4.78, 5) is 13.3. The SMILES string of the molecule is CC(=O)N1[C@@H](CO)[C@H](O)[C@@H](O)[C@@H]1CCCCCC[C@@H](O)[C@H](O)[C@H]1CCCCN1. The molecule has 0 spiro atoms. The number of aliphatic hydroxyl groups excluding tert-OH is 5. The van der Waals surface area contributed by atoms with Gasteiger partial charge in [0.15, 0.2) is 0 Å². The molecule has 2 aliphatic rings. The Hall–Kier alpha value is -0.770. The van der Waals surface area contributed by atoms with Crippen LogP contribution in [0.3, 0.4) is 0 Å². The molecule has 0 aromatic heterocycles. The van der Waals surface area contributed by atoms with E-state index in [2.05, 4.69) is 5.32 Å². The molecule has 1 amide bonds. The first kappa shape index (κ1) is 23.5.